The van der Waals surface area contributed by atoms with E-state index >= 15 is 0 Å². The molecule has 1 saturated heterocycles. The number of rotatable bonds is 10. The highest BCUT2D eigenvalue weighted by atomic mass is 32.2. The lowest BCUT2D eigenvalue weighted by molar-refractivity contribution is -0.133. The van der Waals surface area contributed by atoms with E-state index in [4.69, 9.17) is 9.15 Å². The number of thioether (sulfide) groups is 1. The van der Waals surface area contributed by atoms with Crippen LogP contribution < -0.4 is 15.0 Å². The Bertz CT molecular complexity index is 1090. The molecule has 9 nitrogen and oxygen atoms in total. The summed E-state index contributed by atoms with van der Waals surface area (Å²) in [7, 11) is 0. The molecule has 3 aromatic rings. The molecule has 35 heavy (non-hydrogen) atoms. The van der Waals surface area contributed by atoms with Gasteiger partial charge < -0.3 is 24.3 Å². The molecule has 0 aliphatic carbocycles. The van der Waals surface area contributed by atoms with E-state index in [1.165, 1.54) is 28.7 Å². The van der Waals surface area contributed by atoms with Crippen LogP contribution in [0.5, 0.6) is 5.75 Å². The summed E-state index contributed by atoms with van der Waals surface area (Å²) in [5.74, 6) is 2.03. The van der Waals surface area contributed by atoms with E-state index in [9.17, 15) is 9.59 Å². The van der Waals surface area contributed by atoms with Gasteiger partial charge in [0.15, 0.2) is 10.9 Å². The Hall–Kier alpha value is -3.05. The van der Waals surface area contributed by atoms with E-state index in [2.05, 4.69) is 34.3 Å². The van der Waals surface area contributed by atoms with Crippen LogP contribution in [0.15, 0.2) is 51.4 Å². The van der Waals surface area contributed by atoms with Gasteiger partial charge in [-0.05, 0) is 35.7 Å². The van der Waals surface area contributed by atoms with Gasteiger partial charge in [0.05, 0.1) is 18.6 Å². The summed E-state index contributed by atoms with van der Waals surface area (Å²) in [6, 6.07) is 11.5. The Morgan fingerprint density at radius 1 is 1.14 bits per heavy atom. The van der Waals surface area contributed by atoms with Crippen LogP contribution in [-0.4, -0.2) is 65.5 Å². The molecular formula is C24H29N5O4S2. The van der Waals surface area contributed by atoms with Crippen molar-refractivity contribution < 1.29 is 18.7 Å². The number of anilines is 1. The third-order valence-electron chi connectivity index (χ3n) is 5.57. The zero-order chi connectivity index (χ0) is 24.6. The summed E-state index contributed by atoms with van der Waals surface area (Å²) in [6.07, 6.45) is 1.58. The van der Waals surface area contributed by atoms with Gasteiger partial charge >= 0.3 is 0 Å². The van der Waals surface area contributed by atoms with Crippen molar-refractivity contribution in [3.8, 4) is 5.75 Å². The molecule has 3 heterocycles. The number of amides is 2. The molecule has 0 radical (unpaired) electrons. The fourth-order valence-corrected chi connectivity index (χ4v) is 5.22. The monoisotopic (exact) mass is 515 g/mol. The number of benzene rings is 1. The topological polar surface area (TPSA) is 101 Å². The Morgan fingerprint density at radius 3 is 2.60 bits per heavy atom. The van der Waals surface area contributed by atoms with Crippen LogP contribution >= 0.6 is 23.1 Å². The van der Waals surface area contributed by atoms with Crippen LogP contribution in [0.2, 0.25) is 0 Å². The fraction of sp³-hybridized carbons (Fsp3) is 0.417. The molecule has 1 aliphatic heterocycles. The summed E-state index contributed by atoms with van der Waals surface area (Å²) in [4.78, 5) is 28.5. The first-order valence-electron chi connectivity index (χ1n) is 11.5. The number of carbonyl (C=O) groups excluding carboxylic acids is 2. The van der Waals surface area contributed by atoms with Crippen molar-refractivity contribution in [1.29, 1.82) is 0 Å². The van der Waals surface area contributed by atoms with Crippen molar-refractivity contribution in [2.75, 3.05) is 43.4 Å². The number of nitrogens with one attached hydrogen (secondary N) is 1. The van der Waals surface area contributed by atoms with Gasteiger partial charge in [-0.3, -0.25) is 9.59 Å². The van der Waals surface area contributed by atoms with Gasteiger partial charge in [-0.25, -0.2) is 0 Å². The molecule has 186 valence electrons. The van der Waals surface area contributed by atoms with Crippen LogP contribution in [0, 0.1) is 0 Å². The van der Waals surface area contributed by atoms with Crippen molar-refractivity contribution in [2.45, 2.75) is 30.6 Å². The van der Waals surface area contributed by atoms with Crippen molar-refractivity contribution in [3.05, 3.63) is 54.0 Å². The molecule has 0 unspecified atom stereocenters. The summed E-state index contributed by atoms with van der Waals surface area (Å²) >= 11 is 2.81. The van der Waals surface area contributed by atoms with E-state index in [0.717, 1.165) is 9.47 Å². The van der Waals surface area contributed by atoms with Gasteiger partial charge in [0.25, 0.3) is 5.91 Å². The molecule has 4 rings (SSSR count). The van der Waals surface area contributed by atoms with Gasteiger partial charge in [0.1, 0.15) is 11.5 Å². The van der Waals surface area contributed by atoms with E-state index in [-0.39, 0.29) is 24.2 Å². The van der Waals surface area contributed by atoms with E-state index < -0.39 is 0 Å². The lowest BCUT2D eigenvalue weighted by Gasteiger charge is -2.34. The van der Waals surface area contributed by atoms with Gasteiger partial charge in [-0.1, -0.05) is 49.1 Å². The summed E-state index contributed by atoms with van der Waals surface area (Å²) in [6.45, 7) is 7.25. The van der Waals surface area contributed by atoms with E-state index in [0.29, 0.717) is 50.2 Å². The highest BCUT2D eigenvalue weighted by molar-refractivity contribution is 8.01. The lowest BCUT2D eigenvalue weighted by Crippen LogP contribution is -2.50. The molecule has 0 spiro atoms. The van der Waals surface area contributed by atoms with Crippen LogP contribution in [0.1, 0.15) is 31.1 Å². The van der Waals surface area contributed by atoms with Crippen LogP contribution in [0.3, 0.4) is 0 Å². The van der Waals surface area contributed by atoms with E-state index in [1.54, 1.807) is 12.3 Å². The van der Waals surface area contributed by atoms with Crippen LogP contribution in [0.4, 0.5) is 5.13 Å². The molecular weight excluding hydrogens is 486 g/mol. The Kier molecular flexibility index (Phi) is 8.64. The second-order valence-electron chi connectivity index (χ2n) is 8.38. The quantitative estimate of drug-likeness (QED) is 0.410. The molecule has 2 aromatic heterocycles. The molecule has 1 N–H and O–H groups in total. The Labute approximate surface area is 212 Å². The predicted octanol–water partition coefficient (Wildman–Crippen LogP) is 3.39. The zero-order valence-corrected chi connectivity index (χ0v) is 21.4. The third-order valence-corrected chi connectivity index (χ3v) is 7.69. The molecule has 2 amide bonds. The smallest absolute Gasteiger partial charge is 0.260 e. The SMILES string of the molecule is CC(C)c1ccc(OCC(=O)N2CCN(c3nnc(SCC(=O)NCc4ccco4)s3)CC2)cc1. The predicted molar refractivity (Wildman–Crippen MR) is 136 cm³/mol. The number of hydrogen-bond acceptors (Lipinski definition) is 9. The average molecular weight is 516 g/mol. The Balaban J connectivity index is 1.16. The van der Waals surface area contributed by atoms with Crippen molar-refractivity contribution in [1.82, 2.24) is 20.4 Å². The second-order valence-corrected chi connectivity index (χ2v) is 10.6. The van der Waals surface area contributed by atoms with Crippen LogP contribution in [0.25, 0.3) is 0 Å². The van der Waals surface area contributed by atoms with Crippen molar-refractivity contribution in [3.63, 3.8) is 0 Å². The molecule has 0 saturated carbocycles. The van der Waals surface area contributed by atoms with Gasteiger partial charge in [-0.2, -0.15) is 0 Å². The third kappa shape index (κ3) is 7.22. The number of nitrogens with zero attached hydrogens (tertiary/aromatic N) is 4. The van der Waals surface area contributed by atoms with E-state index in [1.807, 2.05) is 35.2 Å². The molecule has 11 heteroatoms. The first-order valence-corrected chi connectivity index (χ1v) is 13.3. The van der Waals surface area contributed by atoms with Gasteiger partial charge in [0.2, 0.25) is 11.0 Å². The minimum atomic E-state index is -0.0895. The molecule has 1 aliphatic rings. The minimum Gasteiger partial charge on any atom is -0.484 e. The molecule has 1 aromatic carbocycles. The number of furan rings is 1. The maximum atomic E-state index is 12.6. The fourth-order valence-electron chi connectivity index (χ4n) is 3.50. The number of aromatic nitrogens is 2. The maximum absolute atomic E-state index is 12.6. The first kappa shape index (κ1) is 25.1. The zero-order valence-electron chi connectivity index (χ0n) is 19.8. The van der Waals surface area contributed by atoms with Crippen molar-refractivity contribution >= 4 is 40.0 Å². The highest BCUT2D eigenvalue weighted by Gasteiger charge is 2.24. The number of ether oxygens (including phenoxy) is 1. The molecule has 1 fully saturated rings. The molecule has 0 bridgehead atoms. The largest absolute Gasteiger partial charge is 0.484 e. The lowest BCUT2D eigenvalue weighted by atomic mass is 10.0. The summed E-state index contributed by atoms with van der Waals surface area (Å²) in [5.41, 5.74) is 1.24. The number of hydrogen-bond donors (Lipinski definition) is 1. The number of piperazine rings is 1. The first-order chi connectivity index (χ1) is 17.0. The van der Waals surface area contributed by atoms with Crippen LogP contribution in [-0.2, 0) is 16.1 Å². The summed E-state index contributed by atoms with van der Waals surface area (Å²) in [5, 5.41) is 12.1. The van der Waals surface area contributed by atoms with Gasteiger partial charge in [0, 0.05) is 26.2 Å². The van der Waals surface area contributed by atoms with Crippen molar-refractivity contribution in [2.24, 2.45) is 0 Å². The second kappa shape index (κ2) is 12.1. The number of carbonyl (C=O) groups is 2. The summed E-state index contributed by atoms with van der Waals surface area (Å²) < 4.78 is 11.6. The molecule has 0 atom stereocenters. The normalized spacial score (nSPS) is 13.8. The Morgan fingerprint density at radius 2 is 1.91 bits per heavy atom. The standard InChI is InChI=1S/C24H29N5O4S2/c1-17(2)18-5-7-19(8-6-18)33-15-22(31)28-9-11-29(12-10-28)23-26-27-24(35-23)34-16-21(30)25-14-20-4-3-13-32-20/h3-8,13,17H,9-12,14-16H2,1-2H3,(H,25,30). The minimum absolute atomic E-state index is 0.0216. The van der Waals surface area contributed by atoms with Gasteiger partial charge in [-0.15, -0.1) is 10.2 Å². The highest BCUT2D eigenvalue weighted by Crippen LogP contribution is 2.28. The average Bonchev–Trinajstić information content (AvgIpc) is 3.57. The maximum Gasteiger partial charge on any atom is 0.260 e.